The molecule has 1 saturated heterocycles. The number of benzene rings is 1. The number of carbonyl (C=O) groups is 1. The molecule has 1 aromatic carbocycles. The Hall–Kier alpha value is -0.420. The summed E-state index contributed by atoms with van der Waals surface area (Å²) in [6.07, 6.45) is 1.75. The van der Waals surface area contributed by atoms with Crippen molar-refractivity contribution >= 4 is 33.3 Å². The topological polar surface area (TPSA) is 23.6 Å². The van der Waals surface area contributed by atoms with Crippen LogP contribution in [-0.4, -0.2) is 54.9 Å². The molecule has 0 bridgehead atoms. The number of rotatable bonds is 6. The number of Topliss-reactive ketones (excluding diaryl/α,β-unsaturated/α-hetero) is 1. The summed E-state index contributed by atoms with van der Waals surface area (Å²) in [5.74, 6) is 0.128. The van der Waals surface area contributed by atoms with Crippen LogP contribution in [0, 0.1) is 0 Å². The molecule has 0 aliphatic carbocycles. The van der Waals surface area contributed by atoms with E-state index >= 15 is 0 Å². The lowest BCUT2D eigenvalue weighted by atomic mass is 10.1. The van der Waals surface area contributed by atoms with Gasteiger partial charge in [0.05, 0.1) is 5.02 Å². The Bertz CT molecular complexity index is 487. The van der Waals surface area contributed by atoms with Crippen LogP contribution in [0.4, 0.5) is 0 Å². The smallest absolute Gasteiger partial charge is 0.165 e. The normalized spacial score (nSPS) is 17.1. The zero-order chi connectivity index (χ0) is 15.2. The summed E-state index contributed by atoms with van der Waals surface area (Å²) in [5.41, 5.74) is 0.629. The van der Waals surface area contributed by atoms with Gasteiger partial charge in [-0.15, -0.1) is 0 Å². The van der Waals surface area contributed by atoms with Gasteiger partial charge >= 0.3 is 0 Å². The van der Waals surface area contributed by atoms with Crippen LogP contribution in [0.3, 0.4) is 0 Å². The first-order valence-electron chi connectivity index (χ1n) is 7.53. The van der Waals surface area contributed by atoms with Crippen molar-refractivity contribution in [2.75, 3.05) is 39.3 Å². The zero-order valence-electron chi connectivity index (χ0n) is 12.4. The molecule has 5 heteroatoms. The fourth-order valence-corrected chi connectivity index (χ4v) is 3.44. The summed E-state index contributed by atoms with van der Waals surface area (Å²) in [5, 5.41) is 0.530. The predicted molar refractivity (Wildman–Crippen MR) is 91.3 cm³/mol. The highest BCUT2D eigenvalue weighted by Gasteiger charge is 2.18. The van der Waals surface area contributed by atoms with Crippen molar-refractivity contribution in [2.45, 2.75) is 19.8 Å². The molecule has 0 amide bonds. The number of ketones is 1. The second-order valence-corrected chi connectivity index (χ2v) is 6.80. The third kappa shape index (κ3) is 5.06. The minimum Gasteiger partial charge on any atom is -0.301 e. The van der Waals surface area contributed by atoms with E-state index in [0.717, 1.165) is 37.2 Å². The molecular formula is C16H22BrClN2O. The van der Waals surface area contributed by atoms with E-state index in [1.54, 1.807) is 12.1 Å². The van der Waals surface area contributed by atoms with Crippen LogP contribution in [0.15, 0.2) is 22.7 Å². The summed E-state index contributed by atoms with van der Waals surface area (Å²) in [4.78, 5) is 17.1. The van der Waals surface area contributed by atoms with Gasteiger partial charge in [0.25, 0.3) is 0 Å². The van der Waals surface area contributed by atoms with Gasteiger partial charge in [-0.05, 0) is 31.2 Å². The van der Waals surface area contributed by atoms with Crippen molar-refractivity contribution in [3.63, 3.8) is 0 Å². The second kappa shape index (κ2) is 8.28. The van der Waals surface area contributed by atoms with E-state index in [4.69, 9.17) is 11.6 Å². The number of halogens is 2. The fraction of sp³-hybridized carbons (Fsp3) is 0.562. The second-order valence-electron chi connectivity index (χ2n) is 5.48. The van der Waals surface area contributed by atoms with Gasteiger partial charge in [-0.1, -0.05) is 34.5 Å². The van der Waals surface area contributed by atoms with Crippen LogP contribution in [-0.2, 0) is 0 Å². The van der Waals surface area contributed by atoms with Crippen LogP contribution in [0.5, 0.6) is 0 Å². The fourth-order valence-electron chi connectivity index (χ4n) is 2.66. The lowest BCUT2D eigenvalue weighted by molar-refractivity contribution is 0.0928. The molecule has 0 aromatic heterocycles. The third-order valence-electron chi connectivity index (χ3n) is 3.89. The number of hydrogen-bond acceptors (Lipinski definition) is 3. The lowest BCUT2D eigenvalue weighted by Crippen LogP contribution is -2.46. The van der Waals surface area contributed by atoms with Gasteiger partial charge in [-0.25, -0.2) is 0 Å². The first-order valence-corrected chi connectivity index (χ1v) is 8.70. The van der Waals surface area contributed by atoms with Crippen molar-refractivity contribution in [1.82, 2.24) is 9.80 Å². The average Bonchev–Trinajstić information content (AvgIpc) is 2.46. The Morgan fingerprint density at radius 3 is 2.38 bits per heavy atom. The molecular weight excluding hydrogens is 352 g/mol. The maximum absolute atomic E-state index is 12.2. The molecule has 0 saturated carbocycles. The molecule has 0 N–H and O–H groups in total. The number of hydrogen-bond donors (Lipinski definition) is 0. The van der Waals surface area contributed by atoms with Gasteiger partial charge in [0.1, 0.15) is 0 Å². The first-order chi connectivity index (χ1) is 10.1. The molecule has 0 unspecified atom stereocenters. The summed E-state index contributed by atoms with van der Waals surface area (Å²) < 4.78 is 0.899. The minimum atomic E-state index is 0.128. The molecule has 1 heterocycles. The van der Waals surface area contributed by atoms with Gasteiger partial charge in [0.2, 0.25) is 0 Å². The van der Waals surface area contributed by atoms with Crippen molar-refractivity contribution in [1.29, 1.82) is 0 Å². The Labute approximate surface area is 140 Å². The summed E-state index contributed by atoms with van der Waals surface area (Å²) in [7, 11) is 0. The molecule has 1 aromatic rings. The van der Waals surface area contributed by atoms with E-state index in [0.29, 0.717) is 17.0 Å². The van der Waals surface area contributed by atoms with Gasteiger partial charge in [-0.3, -0.25) is 4.79 Å². The SMILES string of the molecule is CCCN1CCN(CCC(=O)c2ccc(Br)cc2Cl)CC1. The third-order valence-corrected chi connectivity index (χ3v) is 4.70. The Morgan fingerprint density at radius 1 is 1.19 bits per heavy atom. The van der Waals surface area contributed by atoms with Crippen molar-refractivity contribution in [2.24, 2.45) is 0 Å². The van der Waals surface area contributed by atoms with E-state index in [1.165, 1.54) is 13.0 Å². The Balaban J connectivity index is 1.79. The van der Waals surface area contributed by atoms with Crippen molar-refractivity contribution < 1.29 is 4.79 Å². The van der Waals surface area contributed by atoms with Gasteiger partial charge in [0, 0.05) is 49.2 Å². The van der Waals surface area contributed by atoms with Crippen LogP contribution in [0.1, 0.15) is 30.1 Å². The molecule has 1 aliphatic rings. The highest BCUT2D eigenvalue weighted by molar-refractivity contribution is 9.10. The largest absolute Gasteiger partial charge is 0.301 e. The van der Waals surface area contributed by atoms with Crippen molar-refractivity contribution in [3.05, 3.63) is 33.3 Å². The molecule has 3 nitrogen and oxygen atoms in total. The monoisotopic (exact) mass is 372 g/mol. The molecule has 21 heavy (non-hydrogen) atoms. The van der Waals surface area contributed by atoms with Crippen LogP contribution in [0.25, 0.3) is 0 Å². The highest BCUT2D eigenvalue weighted by Crippen LogP contribution is 2.22. The van der Waals surface area contributed by atoms with E-state index in [9.17, 15) is 4.79 Å². The van der Waals surface area contributed by atoms with E-state index in [-0.39, 0.29) is 5.78 Å². The average molecular weight is 374 g/mol. The molecule has 0 radical (unpaired) electrons. The lowest BCUT2D eigenvalue weighted by Gasteiger charge is -2.34. The van der Waals surface area contributed by atoms with E-state index in [2.05, 4.69) is 32.7 Å². The standard InChI is InChI=1S/C16H22BrClN2O/c1-2-6-19-8-10-20(11-9-19)7-5-16(21)14-4-3-13(17)12-15(14)18/h3-4,12H,2,5-11H2,1H3. The number of nitrogens with zero attached hydrogens (tertiary/aromatic N) is 2. The van der Waals surface area contributed by atoms with Crippen molar-refractivity contribution in [3.8, 4) is 0 Å². The molecule has 2 rings (SSSR count). The predicted octanol–water partition coefficient (Wildman–Crippen LogP) is 3.70. The van der Waals surface area contributed by atoms with E-state index < -0.39 is 0 Å². The number of piperazine rings is 1. The van der Waals surface area contributed by atoms with Crippen LogP contribution in [0.2, 0.25) is 5.02 Å². The van der Waals surface area contributed by atoms with E-state index in [1.807, 2.05) is 6.07 Å². The molecule has 116 valence electrons. The van der Waals surface area contributed by atoms with Crippen LogP contribution < -0.4 is 0 Å². The summed E-state index contributed by atoms with van der Waals surface area (Å²) in [6, 6.07) is 5.44. The minimum absolute atomic E-state index is 0.128. The first kappa shape index (κ1) is 16.9. The van der Waals surface area contributed by atoms with Gasteiger partial charge in [0.15, 0.2) is 5.78 Å². The molecule has 0 atom stereocenters. The highest BCUT2D eigenvalue weighted by atomic mass is 79.9. The number of carbonyl (C=O) groups excluding carboxylic acids is 1. The molecule has 1 fully saturated rings. The maximum Gasteiger partial charge on any atom is 0.165 e. The quantitative estimate of drug-likeness (QED) is 0.710. The maximum atomic E-state index is 12.2. The summed E-state index contributed by atoms with van der Waals surface area (Å²) in [6.45, 7) is 8.56. The van der Waals surface area contributed by atoms with Crippen LogP contribution >= 0.6 is 27.5 Å². The van der Waals surface area contributed by atoms with Gasteiger partial charge < -0.3 is 9.80 Å². The summed E-state index contributed by atoms with van der Waals surface area (Å²) >= 11 is 9.49. The molecule has 0 spiro atoms. The Morgan fingerprint density at radius 2 is 1.81 bits per heavy atom. The van der Waals surface area contributed by atoms with Gasteiger partial charge in [-0.2, -0.15) is 0 Å². The molecule has 1 aliphatic heterocycles. The zero-order valence-corrected chi connectivity index (χ0v) is 14.8. The Kier molecular flexibility index (Phi) is 6.68.